The fraction of sp³-hybridized carbons (Fsp3) is 0.227. The van der Waals surface area contributed by atoms with Gasteiger partial charge in [-0.3, -0.25) is 29.8 Å². The highest BCUT2D eigenvalue weighted by Gasteiger charge is 2.39. The van der Waals surface area contributed by atoms with E-state index in [1.165, 1.54) is 17.0 Å². The number of urea groups is 1. The largest absolute Gasteiger partial charge is 0.326 e. The molecule has 1 saturated heterocycles. The van der Waals surface area contributed by atoms with Crippen LogP contribution in [0.15, 0.2) is 42.5 Å². The number of rotatable bonds is 3. The minimum Gasteiger partial charge on any atom is -0.322 e. The Morgan fingerprint density at radius 2 is 1.81 bits per heavy atom. The van der Waals surface area contributed by atoms with E-state index in [1.807, 2.05) is 19.1 Å². The molecule has 4 rings (SSSR count). The second-order valence-corrected chi connectivity index (χ2v) is 7.55. The third-order valence-electron chi connectivity index (χ3n) is 5.33. The number of nitrogens with one attached hydrogen (secondary N) is 3. The molecule has 3 N–H and O–H groups in total. The summed E-state index contributed by atoms with van der Waals surface area (Å²) in [6.07, 6.45) is 0.428. The van der Waals surface area contributed by atoms with Crippen LogP contribution in [0.4, 0.5) is 10.5 Å². The van der Waals surface area contributed by atoms with Crippen molar-refractivity contribution >= 4 is 35.3 Å². The van der Waals surface area contributed by atoms with Gasteiger partial charge in [-0.1, -0.05) is 23.8 Å². The van der Waals surface area contributed by atoms with Gasteiger partial charge in [0.15, 0.2) is 0 Å². The number of benzene rings is 2. The first-order valence-electron chi connectivity index (χ1n) is 9.78. The number of piperidine rings is 1. The van der Waals surface area contributed by atoms with Crippen LogP contribution in [-0.2, 0) is 16.1 Å². The minimum absolute atomic E-state index is 0.149. The van der Waals surface area contributed by atoms with Gasteiger partial charge in [0.25, 0.3) is 11.8 Å². The van der Waals surface area contributed by atoms with Crippen molar-refractivity contribution < 1.29 is 24.0 Å². The summed E-state index contributed by atoms with van der Waals surface area (Å²) in [5, 5.41) is 7.06. The lowest BCUT2D eigenvalue weighted by Crippen LogP contribution is -2.52. The Labute approximate surface area is 177 Å². The standard InChI is InChI=1S/C22H20N4O5/c1-12-2-6-15(7-3-12)23-22(31)25-19(28)13-4-5-14-11-26(21(30)16(14)10-13)17-8-9-18(27)24-20(17)29/h2-7,10,17H,8-9,11H2,1H3,(H,24,27,29)(H2,23,25,28,31). The van der Waals surface area contributed by atoms with Crippen molar-refractivity contribution in [1.82, 2.24) is 15.5 Å². The van der Waals surface area contributed by atoms with Crippen molar-refractivity contribution in [1.29, 1.82) is 0 Å². The molecule has 6 amide bonds. The zero-order valence-corrected chi connectivity index (χ0v) is 16.7. The summed E-state index contributed by atoms with van der Waals surface area (Å²) in [7, 11) is 0. The van der Waals surface area contributed by atoms with E-state index in [-0.39, 0.29) is 36.8 Å². The Balaban J connectivity index is 1.44. The first kappa shape index (κ1) is 20.3. The zero-order chi connectivity index (χ0) is 22.1. The molecule has 1 atom stereocenters. The molecule has 2 heterocycles. The van der Waals surface area contributed by atoms with Crippen LogP contribution in [0.5, 0.6) is 0 Å². The molecule has 0 spiro atoms. The van der Waals surface area contributed by atoms with E-state index in [2.05, 4.69) is 16.0 Å². The van der Waals surface area contributed by atoms with Gasteiger partial charge in [-0.25, -0.2) is 4.79 Å². The average Bonchev–Trinajstić information content (AvgIpc) is 3.05. The normalized spacial score (nSPS) is 17.8. The first-order valence-corrected chi connectivity index (χ1v) is 9.78. The van der Waals surface area contributed by atoms with Gasteiger partial charge >= 0.3 is 6.03 Å². The van der Waals surface area contributed by atoms with E-state index in [1.54, 1.807) is 18.2 Å². The molecule has 2 aromatic carbocycles. The summed E-state index contributed by atoms with van der Waals surface area (Å²) >= 11 is 0. The predicted octanol–water partition coefficient (Wildman–Crippen LogP) is 1.72. The molecule has 0 bridgehead atoms. The van der Waals surface area contributed by atoms with Crippen LogP contribution >= 0.6 is 0 Å². The summed E-state index contributed by atoms with van der Waals surface area (Å²) in [6.45, 7) is 2.14. The molecule has 9 nitrogen and oxygen atoms in total. The fourth-order valence-corrected chi connectivity index (χ4v) is 3.67. The topological polar surface area (TPSA) is 125 Å². The van der Waals surface area contributed by atoms with Crippen LogP contribution in [0.25, 0.3) is 0 Å². The van der Waals surface area contributed by atoms with E-state index in [4.69, 9.17) is 0 Å². The highest BCUT2D eigenvalue weighted by Crippen LogP contribution is 2.28. The summed E-state index contributed by atoms with van der Waals surface area (Å²) < 4.78 is 0. The molecule has 1 unspecified atom stereocenters. The van der Waals surface area contributed by atoms with Gasteiger partial charge in [-0.15, -0.1) is 0 Å². The molecule has 0 aliphatic carbocycles. The SMILES string of the molecule is Cc1ccc(NC(=O)NC(=O)c2ccc3c(c2)C(=O)N(C2CCC(=O)NC2=O)C3)cc1. The van der Waals surface area contributed by atoms with Gasteiger partial charge in [0, 0.05) is 29.8 Å². The number of carbonyl (C=O) groups excluding carboxylic acids is 5. The van der Waals surface area contributed by atoms with Gasteiger partial charge in [0.05, 0.1) is 0 Å². The van der Waals surface area contributed by atoms with E-state index in [0.29, 0.717) is 16.8 Å². The summed E-state index contributed by atoms with van der Waals surface area (Å²) in [6, 6.07) is 10.3. The first-order chi connectivity index (χ1) is 14.8. The van der Waals surface area contributed by atoms with Gasteiger partial charge in [-0.2, -0.15) is 0 Å². The van der Waals surface area contributed by atoms with E-state index >= 15 is 0 Å². The van der Waals surface area contributed by atoms with Crippen LogP contribution in [0.2, 0.25) is 0 Å². The van der Waals surface area contributed by atoms with Crippen LogP contribution in [0.1, 0.15) is 44.7 Å². The maximum absolute atomic E-state index is 12.8. The number of carbonyl (C=O) groups is 5. The number of aryl methyl sites for hydroxylation is 1. The third kappa shape index (κ3) is 4.16. The van der Waals surface area contributed by atoms with Crippen LogP contribution in [0.3, 0.4) is 0 Å². The van der Waals surface area contributed by atoms with E-state index < -0.39 is 23.9 Å². The van der Waals surface area contributed by atoms with Crippen LogP contribution < -0.4 is 16.0 Å². The molecule has 9 heteroatoms. The maximum Gasteiger partial charge on any atom is 0.326 e. The lowest BCUT2D eigenvalue weighted by Gasteiger charge is -2.29. The molecular formula is C22H20N4O5. The Kier molecular flexibility index (Phi) is 5.24. The van der Waals surface area contributed by atoms with Gasteiger partial charge < -0.3 is 10.2 Å². The third-order valence-corrected chi connectivity index (χ3v) is 5.33. The van der Waals surface area contributed by atoms with Crippen molar-refractivity contribution in [2.75, 3.05) is 5.32 Å². The second kappa shape index (κ2) is 8.02. The molecule has 0 aromatic heterocycles. The summed E-state index contributed by atoms with van der Waals surface area (Å²) in [4.78, 5) is 62.3. The Bertz CT molecular complexity index is 1110. The highest BCUT2D eigenvalue weighted by molar-refractivity contribution is 6.10. The molecule has 2 aliphatic rings. The number of fused-ring (bicyclic) bond motifs is 1. The molecule has 0 saturated carbocycles. The quantitative estimate of drug-likeness (QED) is 0.652. The number of amides is 6. The Morgan fingerprint density at radius 3 is 2.52 bits per heavy atom. The highest BCUT2D eigenvalue weighted by atomic mass is 16.2. The molecule has 31 heavy (non-hydrogen) atoms. The summed E-state index contributed by atoms with van der Waals surface area (Å²) in [5.74, 6) is -1.89. The Morgan fingerprint density at radius 1 is 1.06 bits per heavy atom. The lowest BCUT2D eigenvalue weighted by atomic mass is 10.0. The van der Waals surface area contributed by atoms with Crippen LogP contribution in [-0.4, -0.2) is 40.6 Å². The zero-order valence-electron chi connectivity index (χ0n) is 16.7. The smallest absolute Gasteiger partial charge is 0.322 e. The minimum atomic E-state index is -0.727. The van der Waals surface area contributed by atoms with E-state index in [9.17, 15) is 24.0 Å². The van der Waals surface area contributed by atoms with Crippen molar-refractivity contribution in [3.05, 3.63) is 64.7 Å². The van der Waals surface area contributed by atoms with Crippen molar-refractivity contribution in [2.24, 2.45) is 0 Å². The van der Waals surface area contributed by atoms with Gasteiger partial charge in [-0.05, 0) is 43.2 Å². The number of imide groups is 2. The summed E-state index contributed by atoms with van der Waals surface area (Å²) in [5.41, 5.74) is 2.71. The van der Waals surface area contributed by atoms with Gasteiger partial charge in [0.1, 0.15) is 6.04 Å². The molecule has 2 aliphatic heterocycles. The molecule has 2 aromatic rings. The average molecular weight is 420 g/mol. The van der Waals surface area contributed by atoms with Crippen molar-refractivity contribution in [2.45, 2.75) is 32.4 Å². The molecular weight excluding hydrogens is 400 g/mol. The molecule has 0 radical (unpaired) electrons. The Hall–Kier alpha value is -4.01. The monoisotopic (exact) mass is 420 g/mol. The number of nitrogens with zero attached hydrogens (tertiary/aromatic N) is 1. The number of hydrogen-bond donors (Lipinski definition) is 3. The fourth-order valence-electron chi connectivity index (χ4n) is 3.67. The number of anilines is 1. The lowest BCUT2D eigenvalue weighted by molar-refractivity contribution is -0.136. The van der Waals surface area contributed by atoms with Crippen molar-refractivity contribution in [3.8, 4) is 0 Å². The molecule has 1 fully saturated rings. The number of hydrogen-bond acceptors (Lipinski definition) is 5. The second-order valence-electron chi connectivity index (χ2n) is 7.55. The maximum atomic E-state index is 12.8. The predicted molar refractivity (Wildman–Crippen MR) is 110 cm³/mol. The van der Waals surface area contributed by atoms with Crippen molar-refractivity contribution in [3.63, 3.8) is 0 Å². The van der Waals surface area contributed by atoms with E-state index in [0.717, 1.165) is 5.56 Å². The van der Waals surface area contributed by atoms with Crippen LogP contribution in [0, 0.1) is 6.92 Å². The van der Waals surface area contributed by atoms with Gasteiger partial charge in [0.2, 0.25) is 11.8 Å². The molecule has 158 valence electrons.